The molecule has 0 radical (unpaired) electrons. The molecule has 0 N–H and O–H groups in total. The monoisotopic (exact) mass is 982 g/mol. The molecule has 5 heteroatoms. The summed E-state index contributed by atoms with van der Waals surface area (Å²) in [4.78, 5) is 5.21. The van der Waals surface area contributed by atoms with Crippen LogP contribution in [0.3, 0.4) is 0 Å². The van der Waals surface area contributed by atoms with Crippen molar-refractivity contribution in [1.82, 2.24) is 4.57 Å². The Kier molecular flexibility index (Phi) is 9.91. The second-order valence-electron chi connectivity index (χ2n) is 26.3. The molecule has 0 saturated carbocycles. The highest BCUT2D eigenvalue weighted by molar-refractivity contribution is 7.26. The number of fused-ring (bicyclic) bond motifs is 12. The maximum atomic E-state index is 2.71. The number of hydrogen-bond donors (Lipinski definition) is 0. The molecule has 2 aliphatic heterocycles. The van der Waals surface area contributed by atoms with Crippen molar-refractivity contribution >= 4 is 99.6 Å². The normalized spacial score (nSPS) is 14.7. The van der Waals surface area contributed by atoms with Gasteiger partial charge in [0.2, 0.25) is 0 Å². The van der Waals surface area contributed by atoms with Gasteiger partial charge < -0.3 is 14.4 Å². The van der Waals surface area contributed by atoms with Crippen LogP contribution in [0.25, 0.3) is 48.0 Å². The lowest BCUT2D eigenvalue weighted by atomic mass is 9.33. The third-order valence-corrected chi connectivity index (χ3v) is 18.2. The van der Waals surface area contributed by atoms with E-state index in [0.717, 1.165) is 17.1 Å². The lowest BCUT2D eigenvalue weighted by Crippen LogP contribution is -2.60. The number of hydrogen-bond acceptors (Lipinski definition) is 3. The molecule has 4 heterocycles. The number of benzene rings is 8. The average molecular weight is 982 g/mol. The molecule has 1 aliphatic carbocycles. The van der Waals surface area contributed by atoms with Gasteiger partial charge >= 0.3 is 0 Å². The molecular formula is C69H68BN3S. The number of para-hydroxylation sites is 1. The minimum atomic E-state index is -0.195. The van der Waals surface area contributed by atoms with Crippen LogP contribution in [-0.4, -0.2) is 11.3 Å². The van der Waals surface area contributed by atoms with Gasteiger partial charge in [-0.05, 0) is 126 Å². The number of thiophene rings is 1. The largest absolute Gasteiger partial charge is 0.310 e. The van der Waals surface area contributed by atoms with Crippen LogP contribution < -0.4 is 26.2 Å². The summed E-state index contributed by atoms with van der Waals surface area (Å²) in [6, 6.07) is 61.9. The first-order valence-electron chi connectivity index (χ1n) is 26.9. The van der Waals surface area contributed by atoms with E-state index in [1.807, 2.05) is 11.3 Å². The Morgan fingerprint density at radius 3 is 1.68 bits per heavy atom. The van der Waals surface area contributed by atoms with Crippen molar-refractivity contribution in [3.8, 4) is 16.9 Å². The van der Waals surface area contributed by atoms with Gasteiger partial charge in [-0.25, -0.2) is 0 Å². The second kappa shape index (κ2) is 15.6. The van der Waals surface area contributed by atoms with E-state index in [1.54, 1.807) is 0 Å². The first-order chi connectivity index (χ1) is 35.0. The summed E-state index contributed by atoms with van der Waals surface area (Å²) < 4.78 is 5.34. The molecule has 0 unspecified atom stereocenters. The molecule has 3 aliphatic rings. The van der Waals surface area contributed by atoms with Gasteiger partial charge in [0.25, 0.3) is 6.71 Å². The van der Waals surface area contributed by atoms with E-state index in [2.05, 4.69) is 269 Å². The second-order valence-corrected chi connectivity index (χ2v) is 27.4. The Balaban J connectivity index is 1.19. The number of nitrogens with zero attached hydrogens (tertiary/aromatic N) is 3. The zero-order chi connectivity index (χ0) is 51.8. The van der Waals surface area contributed by atoms with Crippen LogP contribution in [0, 0.1) is 0 Å². The summed E-state index contributed by atoms with van der Waals surface area (Å²) in [6.45, 7) is 32.8. The Morgan fingerprint density at radius 2 is 1.03 bits per heavy atom. The van der Waals surface area contributed by atoms with Gasteiger partial charge in [0, 0.05) is 65.8 Å². The molecule has 2 aromatic heterocycles. The predicted molar refractivity (Wildman–Crippen MR) is 323 cm³/mol. The van der Waals surface area contributed by atoms with E-state index in [1.165, 1.54) is 115 Å². The van der Waals surface area contributed by atoms with Crippen LogP contribution in [-0.2, 0) is 27.1 Å². The smallest absolute Gasteiger partial charge is 0.252 e. The Labute approximate surface area is 443 Å². The van der Waals surface area contributed by atoms with Gasteiger partial charge in [0.15, 0.2) is 0 Å². The maximum absolute atomic E-state index is 2.71. The van der Waals surface area contributed by atoms with Crippen LogP contribution in [0.4, 0.5) is 34.1 Å². The average Bonchev–Trinajstić information content (AvgIpc) is 3.99. The van der Waals surface area contributed by atoms with Crippen molar-refractivity contribution in [2.24, 2.45) is 0 Å². The minimum Gasteiger partial charge on any atom is -0.310 e. The van der Waals surface area contributed by atoms with E-state index in [0.29, 0.717) is 0 Å². The first kappa shape index (κ1) is 46.9. The standard InChI is InChI=1S/C69H68BN3S/c1-65(2,3)41-25-31-45(32-26-41)71(46-33-27-42(28-34-46)66(4,5)6)47-39-57-61-58(40-47)73-62-51(60-63(73)50-19-15-16-22-52(50)69(60,13)14)21-17-23-54(62)70(61)53-36-30-43(67(7,8)9)37-56(53)72(57)55-24-18-20-49-48-35-29-44(68(10,11)12)38-59(48)74-64(49)55/h15-40H,1-14H3. The molecule has 3 nitrogen and oxygen atoms in total. The number of anilines is 6. The van der Waals surface area contributed by atoms with Gasteiger partial charge in [-0.15, -0.1) is 11.3 Å². The first-order valence-corrected chi connectivity index (χ1v) is 27.7. The fraction of sp³-hybridized carbons (Fsp3) is 0.275. The summed E-state index contributed by atoms with van der Waals surface area (Å²) in [5.74, 6) is 0. The summed E-state index contributed by atoms with van der Waals surface area (Å²) >= 11 is 1.94. The van der Waals surface area contributed by atoms with Gasteiger partial charge in [-0.1, -0.05) is 200 Å². The van der Waals surface area contributed by atoms with E-state index in [4.69, 9.17) is 0 Å². The molecule has 0 bridgehead atoms. The lowest BCUT2D eigenvalue weighted by molar-refractivity contribution is 0.590. The van der Waals surface area contributed by atoms with Crippen molar-refractivity contribution in [2.45, 2.75) is 124 Å². The number of rotatable bonds is 4. The fourth-order valence-electron chi connectivity index (χ4n) is 12.9. The zero-order valence-corrected chi connectivity index (χ0v) is 46.7. The van der Waals surface area contributed by atoms with Gasteiger partial charge in [-0.2, -0.15) is 0 Å². The summed E-state index contributed by atoms with van der Waals surface area (Å²) in [6.07, 6.45) is 0. The van der Waals surface area contributed by atoms with Gasteiger partial charge in [0.1, 0.15) is 0 Å². The summed E-state index contributed by atoms with van der Waals surface area (Å²) in [5, 5.41) is 3.97. The third-order valence-electron chi connectivity index (χ3n) is 17.0. The fourth-order valence-corrected chi connectivity index (χ4v) is 14.2. The predicted octanol–water partition coefficient (Wildman–Crippen LogP) is 17.6. The van der Waals surface area contributed by atoms with Crippen LogP contribution >= 0.6 is 11.3 Å². The highest BCUT2D eigenvalue weighted by Gasteiger charge is 2.48. The molecule has 0 atom stereocenters. The molecule has 10 aromatic rings. The molecule has 8 aromatic carbocycles. The molecule has 13 rings (SSSR count). The molecule has 0 fully saturated rings. The van der Waals surface area contributed by atoms with E-state index < -0.39 is 0 Å². The molecule has 0 amide bonds. The highest BCUT2D eigenvalue weighted by atomic mass is 32.1. The Hall–Kier alpha value is -6.82. The van der Waals surface area contributed by atoms with E-state index >= 15 is 0 Å². The van der Waals surface area contributed by atoms with Crippen molar-refractivity contribution in [1.29, 1.82) is 0 Å². The third kappa shape index (κ3) is 6.84. The van der Waals surface area contributed by atoms with E-state index in [-0.39, 0.29) is 33.8 Å². The van der Waals surface area contributed by atoms with Crippen LogP contribution in [0.2, 0.25) is 0 Å². The Bertz CT molecular complexity index is 3910. The molecule has 0 spiro atoms. The Morgan fingerprint density at radius 1 is 0.459 bits per heavy atom. The van der Waals surface area contributed by atoms with E-state index in [9.17, 15) is 0 Å². The summed E-state index contributed by atoms with van der Waals surface area (Å²) in [5.41, 5.74) is 24.3. The highest BCUT2D eigenvalue weighted by Crippen LogP contribution is 2.56. The maximum Gasteiger partial charge on any atom is 0.252 e. The minimum absolute atomic E-state index is 0.000411. The quantitative estimate of drug-likeness (QED) is 0.163. The van der Waals surface area contributed by atoms with Crippen molar-refractivity contribution in [3.05, 3.63) is 191 Å². The molecule has 74 heavy (non-hydrogen) atoms. The van der Waals surface area contributed by atoms with Crippen LogP contribution in [0.1, 0.15) is 130 Å². The van der Waals surface area contributed by atoms with Crippen molar-refractivity contribution in [2.75, 3.05) is 9.80 Å². The van der Waals surface area contributed by atoms with Crippen molar-refractivity contribution < 1.29 is 0 Å². The van der Waals surface area contributed by atoms with Crippen LogP contribution in [0.15, 0.2) is 158 Å². The SMILES string of the molecule is CC(C)(C)c1ccc(N(c2ccc(C(C)(C)C)cc2)c2cc3c4c(c2)-n2c5c(c6cccc(c62)B4c2ccc(C(C)(C)C)cc2N3c2cccc3c2sc2cc(C(C)(C)C)ccc23)C(C)(C)c2ccccc2-5)cc1. The molecule has 0 saturated heterocycles. The zero-order valence-electron chi connectivity index (χ0n) is 45.8. The van der Waals surface area contributed by atoms with Gasteiger partial charge in [0.05, 0.1) is 21.8 Å². The summed E-state index contributed by atoms with van der Waals surface area (Å²) in [7, 11) is 0. The molecule has 368 valence electrons. The number of aromatic nitrogens is 1. The topological polar surface area (TPSA) is 11.4 Å². The lowest BCUT2D eigenvalue weighted by Gasteiger charge is -2.42. The van der Waals surface area contributed by atoms with Gasteiger partial charge in [-0.3, -0.25) is 0 Å². The van der Waals surface area contributed by atoms with Crippen LogP contribution in [0.5, 0.6) is 0 Å². The van der Waals surface area contributed by atoms with Crippen molar-refractivity contribution in [3.63, 3.8) is 0 Å². The molecular weight excluding hydrogens is 914 g/mol.